The number of thioether (sulfide) groups is 1. The van der Waals surface area contributed by atoms with E-state index < -0.39 is 0 Å². The number of nitrogens with zero attached hydrogens (tertiary/aromatic N) is 4. The highest BCUT2D eigenvalue weighted by Gasteiger charge is 2.48. The second kappa shape index (κ2) is 9.39. The molecule has 2 fully saturated rings. The van der Waals surface area contributed by atoms with Crippen LogP contribution in [0.2, 0.25) is 0 Å². The average Bonchev–Trinajstić information content (AvgIpc) is 3.67. The number of hydrogen-bond acceptors (Lipinski definition) is 6. The minimum Gasteiger partial charge on any atom is -0.480 e. The molecule has 2 aromatic heterocycles. The second-order valence-corrected chi connectivity index (χ2v) is 11.3. The minimum absolute atomic E-state index is 0.0303. The molecule has 3 aliphatic rings. The third kappa shape index (κ3) is 4.11. The van der Waals surface area contributed by atoms with Crippen LogP contribution in [0.15, 0.2) is 47.8 Å². The Labute approximate surface area is 216 Å². The molecule has 1 N–H and O–H groups in total. The highest BCUT2D eigenvalue weighted by atomic mass is 32.2. The first kappa shape index (κ1) is 23.3. The number of hydrogen-bond donors (Lipinski definition) is 1. The van der Waals surface area contributed by atoms with E-state index in [0.29, 0.717) is 18.3 Å². The van der Waals surface area contributed by atoms with Crippen molar-refractivity contribution in [1.82, 2.24) is 20.3 Å². The highest BCUT2D eigenvalue weighted by Crippen LogP contribution is 2.54. The largest absolute Gasteiger partial charge is 0.480 e. The number of fused-ring (bicyclic) bond motifs is 2. The first-order valence-corrected chi connectivity index (χ1v) is 13.8. The summed E-state index contributed by atoms with van der Waals surface area (Å²) in [4.78, 5) is 29.9. The van der Waals surface area contributed by atoms with E-state index in [1.165, 1.54) is 12.0 Å². The molecule has 0 bridgehead atoms. The molecule has 3 aromatic rings. The zero-order valence-electron chi connectivity index (χ0n) is 20.8. The number of ether oxygens (including phenoxy) is 1. The molecule has 2 amide bonds. The molecule has 0 unspecified atom stereocenters. The van der Waals surface area contributed by atoms with Crippen LogP contribution in [0.5, 0.6) is 5.88 Å². The summed E-state index contributed by atoms with van der Waals surface area (Å²) in [7, 11) is 1.67. The Kier molecular flexibility index (Phi) is 6.07. The molecule has 36 heavy (non-hydrogen) atoms. The van der Waals surface area contributed by atoms with E-state index in [9.17, 15) is 4.79 Å². The van der Waals surface area contributed by atoms with Crippen molar-refractivity contribution in [3.8, 4) is 17.0 Å². The van der Waals surface area contributed by atoms with Crippen LogP contribution in [0.25, 0.3) is 11.1 Å². The van der Waals surface area contributed by atoms with Crippen LogP contribution in [0.4, 0.5) is 10.5 Å². The van der Waals surface area contributed by atoms with Gasteiger partial charge in [0.2, 0.25) is 5.88 Å². The van der Waals surface area contributed by atoms with E-state index in [1.54, 1.807) is 25.2 Å². The summed E-state index contributed by atoms with van der Waals surface area (Å²) >= 11 is 1.76. The maximum atomic E-state index is 13.3. The van der Waals surface area contributed by atoms with Gasteiger partial charge in [0, 0.05) is 34.7 Å². The number of urea groups is 1. The number of aromatic nitrogens is 3. The fourth-order valence-electron chi connectivity index (χ4n) is 5.54. The Bertz CT molecular complexity index is 1290. The van der Waals surface area contributed by atoms with E-state index >= 15 is 0 Å². The van der Waals surface area contributed by atoms with Gasteiger partial charge in [0.1, 0.15) is 6.33 Å². The summed E-state index contributed by atoms with van der Waals surface area (Å²) in [6, 6.07) is 10.4. The van der Waals surface area contributed by atoms with Crippen LogP contribution in [0.1, 0.15) is 61.9 Å². The number of nitrogens with one attached hydrogen (secondary N) is 1. The number of carbonyl (C=O) groups is 1. The maximum absolute atomic E-state index is 13.3. The number of pyridine rings is 1. The molecular formula is C28H31N5O2S. The van der Waals surface area contributed by atoms with Crippen molar-refractivity contribution < 1.29 is 9.53 Å². The van der Waals surface area contributed by atoms with Gasteiger partial charge in [0.15, 0.2) is 0 Å². The summed E-state index contributed by atoms with van der Waals surface area (Å²) in [5.41, 5.74) is 6.31. The van der Waals surface area contributed by atoms with Crippen molar-refractivity contribution in [1.29, 1.82) is 0 Å². The topological polar surface area (TPSA) is 80.2 Å². The van der Waals surface area contributed by atoms with Gasteiger partial charge in [0.05, 0.1) is 30.6 Å². The van der Waals surface area contributed by atoms with Gasteiger partial charge in [-0.2, -0.15) is 0 Å². The molecule has 2 saturated carbocycles. The lowest BCUT2D eigenvalue weighted by Gasteiger charge is -2.39. The van der Waals surface area contributed by atoms with E-state index in [1.807, 2.05) is 17.2 Å². The third-order valence-corrected chi connectivity index (χ3v) is 8.56. The van der Waals surface area contributed by atoms with Crippen molar-refractivity contribution in [2.75, 3.05) is 24.3 Å². The predicted octanol–water partition coefficient (Wildman–Crippen LogP) is 5.69. The van der Waals surface area contributed by atoms with Crippen LogP contribution >= 0.6 is 11.8 Å². The molecule has 6 rings (SSSR count). The first-order valence-electron chi connectivity index (χ1n) is 12.8. The molecule has 7 nitrogen and oxygen atoms in total. The fourth-order valence-corrected chi connectivity index (χ4v) is 6.17. The van der Waals surface area contributed by atoms with Gasteiger partial charge in [-0.05, 0) is 66.8 Å². The minimum atomic E-state index is -0.0686. The molecule has 1 spiro atoms. The molecule has 0 radical (unpaired) electrons. The normalized spacial score (nSPS) is 17.6. The molecule has 186 valence electrons. The van der Waals surface area contributed by atoms with Crippen LogP contribution in [0, 0.1) is 0 Å². The van der Waals surface area contributed by atoms with Gasteiger partial charge >= 0.3 is 6.03 Å². The number of anilines is 1. The van der Waals surface area contributed by atoms with Crippen LogP contribution in [-0.2, 0) is 12.0 Å². The van der Waals surface area contributed by atoms with Crippen molar-refractivity contribution >= 4 is 23.5 Å². The Morgan fingerprint density at radius 2 is 2.06 bits per heavy atom. The lowest BCUT2D eigenvalue weighted by atomic mass is 9.65. The Hall–Kier alpha value is -3.13. The lowest BCUT2D eigenvalue weighted by molar-refractivity contribution is 0.235. The molecule has 8 heteroatoms. The molecule has 1 aliphatic heterocycles. The van der Waals surface area contributed by atoms with Gasteiger partial charge in [-0.15, -0.1) is 11.8 Å². The van der Waals surface area contributed by atoms with E-state index in [0.717, 1.165) is 71.1 Å². The summed E-state index contributed by atoms with van der Waals surface area (Å²) in [5, 5.41) is 3.09. The van der Waals surface area contributed by atoms with Gasteiger partial charge in [0.25, 0.3) is 0 Å². The number of methoxy groups -OCH3 is 1. The van der Waals surface area contributed by atoms with Crippen LogP contribution in [-0.4, -0.2) is 40.4 Å². The summed E-state index contributed by atoms with van der Waals surface area (Å²) in [5.74, 6) is 2.12. The lowest BCUT2D eigenvalue weighted by Crippen LogP contribution is -2.45. The zero-order valence-corrected chi connectivity index (χ0v) is 21.6. The van der Waals surface area contributed by atoms with Crippen molar-refractivity contribution in [2.45, 2.75) is 61.8 Å². The smallest absolute Gasteiger partial charge is 0.322 e. The van der Waals surface area contributed by atoms with Crippen molar-refractivity contribution in [3.63, 3.8) is 0 Å². The maximum Gasteiger partial charge on any atom is 0.322 e. The van der Waals surface area contributed by atoms with Crippen LogP contribution < -0.4 is 15.0 Å². The summed E-state index contributed by atoms with van der Waals surface area (Å²) in [6.45, 7) is 3.26. The van der Waals surface area contributed by atoms with Gasteiger partial charge < -0.3 is 10.1 Å². The Morgan fingerprint density at radius 1 is 1.19 bits per heavy atom. The summed E-state index contributed by atoms with van der Waals surface area (Å²) in [6.07, 6.45) is 9.19. The van der Waals surface area contributed by atoms with E-state index in [2.05, 4.69) is 51.5 Å². The zero-order chi connectivity index (χ0) is 24.7. The van der Waals surface area contributed by atoms with Gasteiger partial charge in [-0.3, -0.25) is 9.88 Å². The molecule has 1 aromatic carbocycles. The molecule has 2 aliphatic carbocycles. The second-order valence-electron chi connectivity index (χ2n) is 9.95. The number of rotatable bonds is 7. The average molecular weight is 502 g/mol. The molecule has 0 atom stereocenters. The molecule has 3 heterocycles. The monoisotopic (exact) mass is 501 g/mol. The highest BCUT2D eigenvalue weighted by molar-refractivity contribution is 7.99. The van der Waals surface area contributed by atoms with Crippen molar-refractivity contribution in [3.05, 3.63) is 59.8 Å². The fraction of sp³-hybridized carbons (Fsp3) is 0.429. The first-order chi connectivity index (χ1) is 17.6. The van der Waals surface area contributed by atoms with Gasteiger partial charge in [-0.25, -0.2) is 14.8 Å². The van der Waals surface area contributed by atoms with Crippen molar-refractivity contribution in [2.24, 2.45) is 0 Å². The number of amides is 2. The molecular weight excluding hydrogens is 470 g/mol. The quantitative estimate of drug-likeness (QED) is 0.419. The SMILES string of the molecule is CCSc1ccc(CNC(=O)N2CC3(CCC3)c3cc(-c4c(OC)ncnc4C4CC4)ccc32)nc1. The Morgan fingerprint density at radius 3 is 2.72 bits per heavy atom. The standard InChI is InChI=1S/C28H31N5O2S/c1-3-36-21-9-8-20(29-15-21)14-30-27(34)33-16-28(11-4-12-28)22-13-19(7-10-23(22)33)24-25(18-5-6-18)31-17-32-26(24)35-2/h7-10,13,15,17-18H,3-6,11-12,14,16H2,1-2H3,(H,30,34). The molecule has 0 saturated heterocycles. The number of benzene rings is 1. The van der Waals surface area contributed by atoms with E-state index in [-0.39, 0.29) is 11.4 Å². The third-order valence-electron chi connectivity index (χ3n) is 7.69. The predicted molar refractivity (Wildman–Crippen MR) is 142 cm³/mol. The van der Waals surface area contributed by atoms with Gasteiger partial charge in [-0.1, -0.05) is 19.4 Å². The summed E-state index contributed by atoms with van der Waals surface area (Å²) < 4.78 is 5.65. The van der Waals surface area contributed by atoms with E-state index in [4.69, 9.17) is 4.74 Å². The number of carbonyl (C=O) groups excluding carboxylic acids is 1. The Balaban J connectivity index is 1.27. The van der Waals surface area contributed by atoms with Crippen LogP contribution in [0.3, 0.4) is 0 Å².